The van der Waals surface area contributed by atoms with E-state index in [1.807, 2.05) is 28.8 Å². The van der Waals surface area contributed by atoms with Gasteiger partial charge in [-0.15, -0.1) is 0 Å². The van der Waals surface area contributed by atoms with Crippen LogP contribution in [-0.4, -0.2) is 48.3 Å². The van der Waals surface area contributed by atoms with Crippen molar-refractivity contribution >= 4 is 34.3 Å². The van der Waals surface area contributed by atoms with Crippen LogP contribution < -0.4 is 10.6 Å². The Balaban J connectivity index is 1.72. The molecule has 0 unspecified atom stereocenters. The van der Waals surface area contributed by atoms with Crippen LogP contribution in [0.25, 0.3) is 11.0 Å². The van der Waals surface area contributed by atoms with Crippen LogP contribution >= 0.6 is 0 Å². The number of carbonyl (C=O) groups excluding carboxylic acids is 2. The maximum atomic E-state index is 12.9. The molecular weight excluding hydrogens is 432 g/mol. The summed E-state index contributed by atoms with van der Waals surface area (Å²) in [6.07, 6.45) is 8.15. The van der Waals surface area contributed by atoms with E-state index < -0.39 is 5.97 Å². The minimum atomic E-state index is -0.518. The van der Waals surface area contributed by atoms with E-state index in [1.54, 1.807) is 6.20 Å². The first-order chi connectivity index (χ1) is 16.6. The van der Waals surface area contributed by atoms with Gasteiger partial charge >= 0.3 is 5.97 Å². The number of ether oxygens (including phenoxy) is 2. The van der Waals surface area contributed by atoms with Gasteiger partial charge in [-0.25, -0.2) is 9.78 Å². The minimum Gasteiger partial charge on any atom is -0.464 e. The molecule has 0 radical (unpaired) electrons. The first-order valence-electron chi connectivity index (χ1n) is 11.8. The van der Waals surface area contributed by atoms with Gasteiger partial charge in [-0.3, -0.25) is 4.79 Å². The molecule has 8 nitrogen and oxygen atoms in total. The lowest BCUT2D eigenvalue weighted by molar-refractivity contribution is -0.119. The van der Waals surface area contributed by atoms with E-state index in [2.05, 4.69) is 22.8 Å². The minimum absolute atomic E-state index is 0.116. The zero-order chi connectivity index (χ0) is 23.9. The summed E-state index contributed by atoms with van der Waals surface area (Å²) in [4.78, 5) is 30.1. The number of hydrogen-bond donors (Lipinski definition) is 2. The molecule has 4 rings (SSSR count). The zero-order valence-corrected chi connectivity index (χ0v) is 19.8. The molecule has 0 atom stereocenters. The molecule has 1 aliphatic carbocycles. The molecule has 0 aliphatic heterocycles. The van der Waals surface area contributed by atoms with Crippen LogP contribution in [0.3, 0.4) is 0 Å². The largest absolute Gasteiger partial charge is 0.464 e. The molecule has 34 heavy (non-hydrogen) atoms. The Morgan fingerprint density at radius 2 is 1.91 bits per heavy atom. The fourth-order valence-electron chi connectivity index (χ4n) is 4.66. The number of nitrogens with zero attached hydrogens (tertiary/aromatic N) is 2. The Labute approximate surface area is 199 Å². The summed E-state index contributed by atoms with van der Waals surface area (Å²) in [5.41, 5.74) is 3.44. The summed E-state index contributed by atoms with van der Waals surface area (Å²) in [6, 6.07) is 12.6. The average Bonchev–Trinajstić information content (AvgIpc) is 3.46. The van der Waals surface area contributed by atoms with Gasteiger partial charge in [0.15, 0.2) is 5.69 Å². The van der Waals surface area contributed by atoms with Crippen LogP contribution in [0.2, 0.25) is 0 Å². The van der Waals surface area contributed by atoms with E-state index >= 15 is 0 Å². The number of hydrogen-bond acceptors (Lipinski definition) is 6. The second kappa shape index (κ2) is 11.2. The van der Waals surface area contributed by atoms with Crippen molar-refractivity contribution in [3.05, 3.63) is 53.9 Å². The van der Waals surface area contributed by atoms with Gasteiger partial charge in [0.25, 0.3) is 0 Å². The average molecular weight is 465 g/mol. The van der Waals surface area contributed by atoms with E-state index in [1.165, 1.54) is 32.6 Å². The molecule has 1 amide bonds. The van der Waals surface area contributed by atoms with E-state index in [4.69, 9.17) is 14.5 Å². The zero-order valence-electron chi connectivity index (χ0n) is 19.8. The van der Waals surface area contributed by atoms with Crippen molar-refractivity contribution in [1.82, 2.24) is 9.55 Å². The number of anilines is 2. The standard InChI is InChI=1S/C26H32N4O4/c1-33-17-22(31)29-23-21-15-20(28-19-12-6-7-13-19)16-27-25(21)30(24(23)26(32)34-2)14-8-11-18-9-4-3-5-10-18/h3-5,9-10,15-16,19,28H,6-8,11-14,17H2,1-2H3,(H,29,31). The Hall–Kier alpha value is -3.39. The number of pyridine rings is 1. The number of methoxy groups -OCH3 is 2. The number of nitrogens with one attached hydrogen (secondary N) is 2. The summed E-state index contributed by atoms with van der Waals surface area (Å²) in [6.45, 7) is 0.438. The molecule has 2 heterocycles. The fourth-order valence-corrected chi connectivity index (χ4v) is 4.66. The number of fused-ring (bicyclic) bond motifs is 1. The third kappa shape index (κ3) is 5.39. The van der Waals surface area contributed by atoms with Gasteiger partial charge in [-0.2, -0.15) is 0 Å². The molecule has 180 valence electrons. The number of amides is 1. The first-order valence-corrected chi connectivity index (χ1v) is 11.8. The third-order valence-electron chi connectivity index (χ3n) is 6.23. The molecule has 1 aliphatic rings. The quantitative estimate of drug-likeness (QED) is 0.432. The SMILES string of the molecule is COCC(=O)Nc1c(C(=O)OC)n(CCCc2ccccc2)c2ncc(NC3CCCC3)cc12. The van der Waals surface area contributed by atoms with Crippen LogP contribution in [0, 0.1) is 0 Å². The summed E-state index contributed by atoms with van der Waals surface area (Å²) < 4.78 is 11.9. The van der Waals surface area contributed by atoms with Gasteiger partial charge in [0.1, 0.15) is 12.3 Å². The van der Waals surface area contributed by atoms with Crippen LogP contribution in [0.4, 0.5) is 11.4 Å². The number of aryl methyl sites for hydroxylation is 2. The van der Waals surface area contributed by atoms with Gasteiger partial charge in [-0.05, 0) is 37.3 Å². The van der Waals surface area contributed by atoms with Crippen molar-refractivity contribution in [2.75, 3.05) is 31.5 Å². The third-order valence-corrected chi connectivity index (χ3v) is 6.23. The first kappa shape index (κ1) is 23.8. The second-order valence-electron chi connectivity index (χ2n) is 8.66. The van der Waals surface area contributed by atoms with Crippen molar-refractivity contribution < 1.29 is 19.1 Å². The number of rotatable bonds is 10. The molecule has 0 saturated heterocycles. The maximum absolute atomic E-state index is 12.9. The predicted molar refractivity (Wildman–Crippen MR) is 132 cm³/mol. The summed E-state index contributed by atoms with van der Waals surface area (Å²) in [5.74, 6) is -0.860. The van der Waals surface area contributed by atoms with Crippen molar-refractivity contribution in [3.8, 4) is 0 Å². The molecule has 0 spiro atoms. The van der Waals surface area contributed by atoms with E-state index in [9.17, 15) is 9.59 Å². The van der Waals surface area contributed by atoms with Gasteiger partial charge in [-0.1, -0.05) is 43.2 Å². The molecule has 0 bridgehead atoms. The lowest BCUT2D eigenvalue weighted by atomic mass is 10.1. The van der Waals surface area contributed by atoms with Crippen LogP contribution in [0.1, 0.15) is 48.2 Å². The Bertz CT molecular complexity index is 1140. The van der Waals surface area contributed by atoms with E-state index in [0.29, 0.717) is 35.0 Å². The molecule has 2 aromatic heterocycles. The number of esters is 1. The highest BCUT2D eigenvalue weighted by atomic mass is 16.5. The summed E-state index contributed by atoms with van der Waals surface area (Å²) >= 11 is 0. The van der Waals surface area contributed by atoms with E-state index in [0.717, 1.165) is 31.4 Å². The Morgan fingerprint density at radius 3 is 2.62 bits per heavy atom. The van der Waals surface area contributed by atoms with Gasteiger partial charge in [0.2, 0.25) is 5.91 Å². The molecular formula is C26H32N4O4. The molecule has 2 N–H and O–H groups in total. The van der Waals surface area contributed by atoms with Crippen LogP contribution in [0.5, 0.6) is 0 Å². The lowest BCUT2D eigenvalue weighted by Crippen LogP contribution is -2.20. The second-order valence-corrected chi connectivity index (χ2v) is 8.66. The smallest absolute Gasteiger partial charge is 0.356 e. The Morgan fingerprint density at radius 1 is 1.15 bits per heavy atom. The number of carbonyl (C=O) groups is 2. The normalized spacial score (nSPS) is 13.8. The van der Waals surface area contributed by atoms with Crippen molar-refractivity contribution in [2.45, 2.75) is 51.1 Å². The summed E-state index contributed by atoms with van der Waals surface area (Å²) in [5, 5.41) is 7.12. The molecule has 3 aromatic rings. The lowest BCUT2D eigenvalue weighted by Gasteiger charge is -2.13. The van der Waals surface area contributed by atoms with Crippen molar-refractivity contribution in [1.29, 1.82) is 0 Å². The van der Waals surface area contributed by atoms with Crippen molar-refractivity contribution in [2.24, 2.45) is 0 Å². The number of aromatic nitrogens is 2. The van der Waals surface area contributed by atoms with Crippen molar-refractivity contribution in [3.63, 3.8) is 0 Å². The highest BCUT2D eigenvalue weighted by Gasteiger charge is 2.26. The van der Waals surface area contributed by atoms with Crippen LogP contribution in [-0.2, 0) is 27.2 Å². The topological polar surface area (TPSA) is 94.5 Å². The Kier molecular flexibility index (Phi) is 7.80. The van der Waals surface area contributed by atoms with E-state index in [-0.39, 0.29) is 12.5 Å². The predicted octanol–water partition coefficient (Wildman–Crippen LogP) is 4.40. The molecule has 1 saturated carbocycles. The number of benzene rings is 1. The molecule has 1 aromatic carbocycles. The highest BCUT2D eigenvalue weighted by molar-refractivity contribution is 6.11. The molecule has 1 fully saturated rings. The molecule has 8 heteroatoms. The van der Waals surface area contributed by atoms with Crippen LogP contribution in [0.15, 0.2) is 42.6 Å². The van der Waals surface area contributed by atoms with Gasteiger partial charge < -0.3 is 24.7 Å². The van der Waals surface area contributed by atoms with Gasteiger partial charge in [0.05, 0.1) is 24.7 Å². The monoisotopic (exact) mass is 464 g/mol. The maximum Gasteiger partial charge on any atom is 0.356 e. The summed E-state index contributed by atoms with van der Waals surface area (Å²) in [7, 11) is 2.80. The highest BCUT2D eigenvalue weighted by Crippen LogP contribution is 2.34. The van der Waals surface area contributed by atoms with Gasteiger partial charge in [0, 0.05) is 25.1 Å². The fraction of sp³-hybridized carbons (Fsp3) is 0.423.